The highest BCUT2D eigenvalue weighted by Gasteiger charge is 2.36. The average Bonchev–Trinajstić information content (AvgIpc) is 2.35. The predicted octanol–water partition coefficient (Wildman–Crippen LogP) is 3.67. The molecule has 0 heterocycles. The Morgan fingerprint density at radius 2 is 1.89 bits per heavy atom. The van der Waals surface area contributed by atoms with Crippen LogP contribution in [0.5, 0.6) is 0 Å². The van der Waals surface area contributed by atoms with Crippen molar-refractivity contribution >= 4 is 23.0 Å². The number of anilines is 2. The Kier molecular flexibility index (Phi) is 3.98. The monoisotopic (exact) mass is 282 g/mol. The minimum absolute atomic E-state index is 0.349. The van der Waals surface area contributed by atoms with Crippen molar-refractivity contribution in [3.05, 3.63) is 23.2 Å². The Balaban J connectivity index is 1.97. The topological polar surface area (TPSA) is 58.3 Å². The first-order valence-electron chi connectivity index (χ1n) is 6.81. The molecule has 1 aromatic carbocycles. The van der Waals surface area contributed by atoms with E-state index in [1.807, 2.05) is 0 Å². The highest BCUT2D eigenvalue weighted by molar-refractivity contribution is 6.31. The summed E-state index contributed by atoms with van der Waals surface area (Å²) in [6.45, 7) is 5.04. The molecule has 1 aromatic rings. The van der Waals surface area contributed by atoms with Crippen LogP contribution < -0.4 is 11.1 Å². The van der Waals surface area contributed by atoms with Gasteiger partial charge >= 0.3 is 0 Å². The number of hydrogen-bond donors (Lipinski definition) is 3. The molecule has 4 heteroatoms. The molecule has 4 N–H and O–H groups in total. The largest absolute Gasteiger partial charge is 0.397 e. The van der Waals surface area contributed by atoms with Crippen LogP contribution in [-0.2, 0) is 0 Å². The number of nitrogen functional groups attached to an aromatic ring is 1. The molecule has 0 unspecified atom stereocenters. The van der Waals surface area contributed by atoms with Crippen LogP contribution in [0, 0.1) is 5.41 Å². The number of rotatable bonds is 3. The molecule has 2 rings (SSSR count). The van der Waals surface area contributed by atoms with Crippen molar-refractivity contribution in [2.24, 2.45) is 5.41 Å². The molecule has 19 heavy (non-hydrogen) atoms. The lowest BCUT2D eigenvalue weighted by Crippen LogP contribution is -2.42. The van der Waals surface area contributed by atoms with Crippen LogP contribution in [0.4, 0.5) is 11.4 Å². The minimum Gasteiger partial charge on any atom is -0.397 e. The van der Waals surface area contributed by atoms with E-state index in [2.05, 4.69) is 19.2 Å². The Morgan fingerprint density at radius 1 is 1.26 bits per heavy atom. The highest BCUT2D eigenvalue weighted by Crippen LogP contribution is 2.40. The summed E-state index contributed by atoms with van der Waals surface area (Å²) in [6, 6.07) is 5.34. The lowest BCUT2D eigenvalue weighted by atomic mass is 9.71. The number of benzene rings is 1. The first-order chi connectivity index (χ1) is 8.80. The zero-order valence-electron chi connectivity index (χ0n) is 11.7. The van der Waals surface area contributed by atoms with Crippen molar-refractivity contribution in [2.75, 3.05) is 17.6 Å². The molecule has 0 radical (unpaired) electrons. The number of hydrogen-bond acceptors (Lipinski definition) is 3. The van der Waals surface area contributed by atoms with Gasteiger partial charge in [-0.1, -0.05) is 25.4 Å². The second kappa shape index (κ2) is 5.22. The summed E-state index contributed by atoms with van der Waals surface area (Å²) in [7, 11) is 0. The van der Waals surface area contributed by atoms with Crippen molar-refractivity contribution in [3.63, 3.8) is 0 Å². The Bertz CT molecular complexity index is 449. The first kappa shape index (κ1) is 14.5. The summed E-state index contributed by atoms with van der Waals surface area (Å²) in [5, 5.41) is 14.5. The van der Waals surface area contributed by atoms with Gasteiger partial charge in [0.1, 0.15) is 0 Å². The smallest absolute Gasteiger partial charge is 0.0819 e. The Labute approximate surface area is 120 Å². The van der Waals surface area contributed by atoms with Gasteiger partial charge in [0.25, 0.3) is 0 Å². The molecule has 0 bridgehead atoms. The third-order valence-corrected chi connectivity index (χ3v) is 4.39. The summed E-state index contributed by atoms with van der Waals surface area (Å²) >= 11 is 5.95. The third kappa shape index (κ3) is 3.77. The molecule has 0 aliphatic heterocycles. The number of aliphatic hydroxyl groups is 1. The zero-order chi connectivity index (χ0) is 14.1. The van der Waals surface area contributed by atoms with Crippen LogP contribution >= 0.6 is 11.6 Å². The van der Waals surface area contributed by atoms with Gasteiger partial charge < -0.3 is 16.2 Å². The first-order valence-corrected chi connectivity index (χ1v) is 7.19. The summed E-state index contributed by atoms with van der Waals surface area (Å²) in [5.41, 5.74) is 7.06. The van der Waals surface area contributed by atoms with E-state index < -0.39 is 5.60 Å². The third-order valence-electron chi connectivity index (χ3n) is 4.16. The van der Waals surface area contributed by atoms with Crippen LogP contribution in [0.2, 0.25) is 5.02 Å². The second-order valence-electron chi connectivity index (χ2n) is 6.47. The molecule has 0 spiro atoms. The van der Waals surface area contributed by atoms with Crippen molar-refractivity contribution in [3.8, 4) is 0 Å². The van der Waals surface area contributed by atoms with Crippen LogP contribution in [0.25, 0.3) is 0 Å². The Morgan fingerprint density at radius 3 is 2.53 bits per heavy atom. The van der Waals surface area contributed by atoms with E-state index in [9.17, 15) is 5.11 Å². The molecule has 0 saturated heterocycles. The van der Waals surface area contributed by atoms with Crippen molar-refractivity contribution in [2.45, 2.75) is 45.1 Å². The zero-order valence-corrected chi connectivity index (χ0v) is 12.4. The van der Waals surface area contributed by atoms with Gasteiger partial charge in [-0.15, -0.1) is 0 Å². The summed E-state index contributed by atoms with van der Waals surface area (Å²) in [6.07, 6.45) is 3.76. The fourth-order valence-corrected chi connectivity index (χ4v) is 2.68. The van der Waals surface area contributed by atoms with Gasteiger partial charge in [0.2, 0.25) is 0 Å². The average molecular weight is 283 g/mol. The van der Waals surface area contributed by atoms with Crippen LogP contribution in [0.3, 0.4) is 0 Å². The van der Waals surface area contributed by atoms with E-state index in [0.29, 0.717) is 22.7 Å². The van der Waals surface area contributed by atoms with E-state index in [0.717, 1.165) is 31.4 Å². The molecular formula is C15H23ClN2O. The SMILES string of the molecule is CC1(C)CCC(O)(CNc2cc(Cl)ccc2N)CC1. The molecule has 0 amide bonds. The van der Waals surface area contributed by atoms with E-state index in [-0.39, 0.29) is 0 Å². The maximum atomic E-state index is 10.6. The number of nitrogens with two attached hydrogens (primary N) is 1. The Hall–Kier alpha value is -0.930. The lowest BCUT2D eigenvalue weighted by Gasteiger charge is -2.40. The van der Waals surface area contributed by atoms with Crippen molar-refractivity contribution in [1.29, 1.82) is 0 Å². The van der Waals surface area contributed by atoms with Crippen LogP contribution in [0.1, 0.15) is 39.5 Å². The molecule has 0 atom stereocenters. The molecule has 3 nitrogen and oxygen atoms in total. The maximum absolute atomic E-state index is 10.6. The molecule has 1 aliphatic carbocycles. The van der Waals surface area contributed by atoms with E-state index in [1.165, 1.54) is 0 Å². The molecular weight excluding hydrogens is 260 g/mol. The second-order valence-corrected chi connectivity index (χ2v) is 6.91. The molecule has 1 saturated carbocycles. The minimum atomic E-state index is -0.635. The van der Waals surface area contributed by atoms with Gasteiger partial charge in [-0.05, 0) is 49.3 Å². The summed E-state index contributed by atoms with van der Waals surface area (Å²) in [5.74, 6) is 0. The van der Waals surface area contributed by atoms with Gasteiger partial charge in [0.15, 0.2) is 0 Å². The number of halogens is 1. The van der Waals surface area contributed by atoms with E-state index in [1.54, 1.807) is 18.2 Å². The van der Waals surface area contributed by atoms with Gasteiger partial charge in [-0.2, -0.15) is 0 Å². The fourth-order valence-electron chi connectivity index (χ4n) is 2.51. The molecule has 1 aliphatic rings. The van der Waals surface area contributed by atoms with Gasteiger partial charge in [0, 0.05) is 11.6 Å². The number of nitrogens with one attached hydrogen (secondary N) is 1. The normalized spacial score (nSPS) is 21.1. The highest BCUT2D eigenvalue weighted by atomic mass is 35.5. The van der Waals surface area contributed by atoms with Crippen LogP contribution in [-0.4, -0.2) is 17.3 Å². The standard InChI is InChI=1S/C15H23ClN2O/c1-14(2)5-7-15(19,8-6-14)10-18-13-9-11(16)3-4-12(13)17/h3-4,9,18-19H,5-8,10,17H2,1-2H3. The molecule has 0 aromatic heterocycles. The quantitative estimate of drug-likeness (QED) is 0.742. The fraction of sp³-hybridized carbons (Fsp3) is 0.600. The molecule has 106 valence electrons. The van der Waals surface area contributed by atoms with Crippen molar-refractivity contribution < 1.29 is 5.11 Å². The predicted molar refractivity (Wildman–Crippen MR) is 81.6 cm³/mol. The van der Waals surface area contributed by atoms with E-state index >= 15 is 0 Å². The van der Waals surface area contributed by atoms with Gasteiger partial charge in [-0.3, -0.25) is 0 Å². The lowest BCUT2D eigenvalue weighted by molar-refractivity contribution is -0.0145. The summed E-state index contributed by atoms with van der Waals surface area (Å²) in [4.78, 5) is 0. The van der Waals surface area contributed by atoms with Gasteiger partial charge in [0.05, 0.1) is 17.0 Å². The van der Waals surface area contributed by atoms with Crippen LogP contribution in [0.15, 0.2) is 18.2 Å². The van der Waals surface area contributed by atoms with E-state index in [4.69, 9.17) is 17.3 Å². The van der Waals surface area contributed by atoms with Gasteiger partial charge in [-0.25, -0.2) is 0 Å². The summed E-state index contributed by atoms with van der Waals surface area (Å²) < 4.78 is 0. The molecule has 1 fully saturated rings. The van der Waals surface area contributed by atoms with Crippen molar-refractivity contribution in [1.82, 2.24) is 0 Å². The maximum Gasteiger partial charge on any atom is 0.0819 e.